The Hall–Kier alpha value is -2.87. The Morgan fingerprint density at radius 1 is 1.25 bits per heavy atom. The van der Waals surface area contributed by atoms with Crippen LogP contribution in [0.4, 0.5) is 0 Å². The van der Waals surface area contributed by atoms with E-state index in [1.807, 2.05) is 24.3 Å². The van der Waals surface area contributed by atoms with Crippen molar-refractivity contribution in [2.45, 2.75) is 32.6 Å². The van der Waals surface area contributed by atoms with Crippen LogP contribution in [0.15, 0.2) is 39.5 Å². The number of aryl methyl sites for hydroxylation is 1. The van der Waals surface area contributed by atoms with Crippen LogP contribution in [-0.4, -0.2) is 5.90 Å². The van der Waals surface area contributed by atoms with E-state index in [1.165, 1.54) is 5.56 Å². The third-order valence-corrected chi connectivity index (χ3v) is 4.32. The zero-order chi connectivity index (χ0) is 17.4. The molecule has 2 heterocycles. The van der Waals surface area contributed by atoms with Gasteiger partial charge in [0.25, 0.3) is 0 Å². The lowest BCUT2D eigenvalue weighted by atomic mass is 9.79. The average Bonchev–Trinajstić information content (AvgIpc) is 2.53. The van der Waals surface area contributed by atoms with Crippen LogP contribution in [0.2, 0.25) is 0 Å². The Bertz CT molecular complexity index is 888. The molecule has 24 heavy (non-hydrogen) atoms. The Morgan fingerprint density at radius 3 is 2.50 bits per heavy atom. The lowest BCUT2D eigenvalue weighted by Crippen LogP contribution is -2.34. The number of rotatable bonds is 2. The molecule has 0 bridgehead atoms. The van der Waals surface area contributed by atoms with Crippen LogP contribution in [0.3, 0.4) is 0 Å². The van der Waals surface area contributed by atoms with Crippen molar-refractivity contribution in [3.05, 3.63) is 63.2 Å². The molecule has 1 aliphatic heterocycles. The van der Waals surface area contributed by atoms with Gasteiger partial charge in [-0.2, -0.15) is 5.26 Å². The van der Waals surface area contributed by atoms with Gasteiger partial charge in [0.2, 0.25) is 5.90 Å². The third kappa shape index (κ3) is 2.61. The zero-order valence-corrected chi connectivity index (χ0v) is 13.8. The van der Waals surface area contributed by atoms with E-state index in [0.29, 0.717) is 23.0 Å². The van der Waals surface area contributed by atoms with Crippen LogP contribution in [0.5, 0.6) is 5.75 Å². The van der Waals surface area contributed by atoms with Crippen molar-refractivity contribution in [3.8, 4) is 11.8 Å². The minimum Gasteiger partial charge on any atom is -0.441 e. The van der Waals surface area contributed by atoms with Crippen molar-refractivity contribution in [1.82, 2.24) is 0 Å². The molecule has 0 radical (unpaired) electrons. The number of nitriles is 1. The summed E-state index contributed by atoms with van der Waals surface area (Å²) >= 11 is 0. The van der Waals surface area contributed by atoms with Crippen molar-refractivity contribution in [2.24, 2.45) is 5.92 Å². The van der Waals surface area contributed by atoms with Crippen molar-refractivity contribution >= 4 is 5.90 Å². The van der Waals surface area contributed by atoms with Gasteiger partial charge in [-0.25, -0.2) is 4.79 Å². The molecule has 122 valence electrons. The molecule has 0 amide bonds. The minimum absolute atomic E-state index is 0.145. The van der Waals surface area contributed by atoms with E-state index in [-0.39, 0.29) is 5.90 Å². The highest BCUT2D eigenvalue weighted by atomic mass is 16.5. The maximum absolute atomic E-state index is 12.4. The number of nitrogens with one attached hydrogen (secondary N) is 1. The summed E-state index contributed by atoms with van der Waals surface area (Å²) in [4.78, 5) is 12.4. The van der Waals surface area contributed by atoms with Crippen molar-refractivity contribution in [2.75, 3.05) is 0 Å². The quantitative estimate of drug-likeness (QED) is 0.913. The maximum atomic E-state index is 12.4. The Labute approximate surface area is 140 Å². The highest BCUT2D eigenvalue weighted by Gasteiger charge is 2.39. The fourth-order valence-corrected chi connectivity index (χ4v) is 3.04. The molecule has 0 aliphatic carbocycles. The first kappa shape index (κ1) is 16.0. The monoisotopic (exact) mass is 322 g/mol. The molecule has 0 saturated heterocycles. The van der Waals surface area contributed by atoms with Gasteiger partial charge in [-0.1, -0.05) is 38.1 Å². The topological polar surface area (TPSA) is 87.1 Å². The summed E-state index contributed by atoms with van der Waals surface area (Å²) in [5, 5.41) is 17.5. The first-order chi connectivity index (χ1) is 11.4. The van der Waals surface area contributed by atoms with E-state index in [4.69, 9.17) is 14.6 Å². The summed E-state index contributed by atoms with van der Waals surface area (Å²) in [6.07, 6.45) is 0. The Morgan fingerprint density at radius 2 is 1.92 bits per heavy atom. The smallest absolute Gasteiger partial charge is 0.343 e. The van der Waals surface area contributed by atoms with E-state index in [2.05, 4.69) is 19.9 Å². The maximum Gasteiger partial charge on any atom is 0.343 e. The van der Waals surface area contributed by atoms with Gasteiger partial charge < -0.3 is 9.15 Å². The Balaban J connectivity index is 2.19. The van der Waals surface area contributed by atoms with E-state index < -0.39 is 17.5 Å². The highest BCUT2D eigenvalue weighted by Crippen LogP contribution is 2.40. The zero-order valence-electron chi connectivity index (χ0n) is 13.8. The van der Waals surface area contributed by atoms with Gasteiger partial charge in [0, 0.05) is 12.0 Å². The Kier molecular flexibility index (Phi) is 3.98. The normalized spacial score (nSPS) is 19.5. The van der Waals surface area contributed by atoms with Gasteiger partial charge in [-0.05, 0) is 24.0 Å². The lowest BCUT2D eigenvalue weighted by Gasteiger charge is -2.29. The van der Waals surface area contributed by atoms with Gasteiger partial charge >= 0.3 is 5.63 Å². The predicted octanol–water partition coefficient (Wildman–Crippen LogP) is 3.71. The summed E-state index contributed by atoms with van der Waals surface area (Å²) in [7, 11) is 0. The van der Waals surface area contributed by atoms with Crippen LogP contribution >= 0.6 is 0 Å². The molecule has 5 heteroatoms. The van der Waals surface area contributed by atoms with E-state index in [1.54, 1.807) is 13.0 Å². The lowest BCUT2D eigenvalue weighted by molar-refractivity contribution is 0.403. The van der Waals surface area contributed by atoms with E-state index in [0.717, 1.165) is 5.56 Å². The second kappa shape index (κ2) is 5.97. The van der Waals surface area contributed by atoms with Gasteiger partial charge in [0.05, 0.1) is 11.6 Å². The average molecular weight is 322 g/mol. The van der Waals surface area contributed by atoms with Crippen LogP contribution in [0.1, 0.15) is 48.1 Å². The number of fused-ring (bicyclic) bond motifs is 1. The molecular formula is C19H18N2O3. The summed E-state index contributed by atoms with van der Waals surface area (Å²) < 4.78 is 10.6. The van der Waals surface area contributed by atoms with Gasteiger partial charge in [-0.3, -0.25) is 5.41 Å². The van der Waals surface area contributed by atoms with Crippen molar-refractivity contribution in [3.63, 3.8) is 0 Å². The molecule has 0 saturated carbocycles. The molecule has 2 unspecified atom stereocenters. The van der Waals surface area contributed by atoms with Crippen LogP contribution in [-0.2, 0) is 0 Å². The number of hydrogen-bond acceptors (Lipinski definition) is 5. The molecule has 5 nitrogen and oxygen atoms in total. The summed E-state index contributed by atoms with van der Waals surface area (Å²) in [5.74, 6) is -0.460. The predicted molar refractivity (Wildman–Crippen MR) is 89.5 cm³/mol. The molecule has 0 fully saturated rings. The first-order valence-corrected chi connectivity index (χ1v) is 7.82. The molecule has 1 aromatic heterocycles. The van der Waals surface area contributed by atoms with E-state index in [9.17, 15) is 10.1 Å². The second-order valence-corrected chi connectivity index (χ2v) is 6.29. The molecule has 1 N–H and O–H groups in total. The molecule has 1 aliphatic rings. The minimum atomic E-state index is -0.854. The molecule has 2 atom stereocenters. The summed E-state index contributed by atoms with van der Waals surface area (Å²) in [6.45, 7) is 5.85. The molecular weight excluding hydrogens is 304 g/mol. The molecule has 0 spiro atoms. The van der Waals surface area contributed by atoms with E-state index >= 15 is 0 Å². The highest BCUT2D eigenvalue weighted by molar-refractivity contribution is 5.85. The van der Waals surface area contributed by atoms with Crippen molar-refractivity contribution in [1.29, 1.82) is 10.7 Å². The fourth-order valence-electron chi connectivity index (χ4n) is 3.04. The summed E-state index contributed by atoms with van der Waals surface area (Å²) in [6, 6.07) is 11.5. The second-order valence-electron chi connectivity index (χ2n) is 6.29. The number of ether oxygens (including phenoxy) is 1. The summed E-state index contributed by atoms with van der Waals surface area (Å²) in [5.41, 5.74) is 1.76. The van der Waals surface area contributed by atoms with Crippen LogP contribution in [0, 0.1) is 29.6 Å². The number of nitrogens with zero attached hydrogens (tertiary/aromatic N) is 1. The molecule has 1 aromatic carbocycles. The molecule has 2 aromatic rings. The largest absolute Gasteiger partial charge is 0.441 e. The fraction of sp³-hybridized carbons (Fsp3) is 0.316. The van der Waals surface area contributed by atoms with Crippen LogP contribution < -0.4 is 10.4 Å². The van der Waals surface area contributed by atoms with Crippen molar-refractivity contribution < 1.29 is 9.15 Å². The third-order valence-electron chi connectivity index (χ3n) is 4.32. The van der Waals surface area contributed by atoms with Crippen LogP contribution in [0.25, 0.3) is 0 Å². The number of benzene rings is 1. The number of hydrogen-bond donors (Lipinski definition) is 1. The SMILES string of the molecule is Cc1cc2c(c(=O)o1)C(c1ccc(C(C)C)cc1)C(C#N)C(=N)O2. The van der Waals surface area contributed by atoms with Gasteiger partial charge in [-0.15, -0.1) is 0 Å². The molecule has 3 rings (SSSR count). The standard InChI is InChI=1S/C19H18N2O3/c1-10(2)12-4-6-13(7-5-12)16-14(9-20)18(21)24-15-8-11(3)23-19(22)17(15)16/h4-8,10,14,16,21H,1-3H3. The van der Waals surface area contributed by atoms with Gasteiger partial charge in [0.1, 0.15) is 17.4 Å². The van der Waals surface area contributed by atoms with Gasteiger partial charge in [0.15, 0.2) is 0 Å². The first-order valence-electron chi connectivity index (χ1n) is 7.82.